The van der Waals surface area contributed by atoms with Gasteiger partial charge in [-0.1, -0.05) is 12.1 Å². The van der Waals surface area contributed by atoms with Crippen molar-refractivity contribution < 1.29 is 23.6 Å². The highest BCUT2D eigenvalue weighted by Crippen LogP contribution is 2.37. The van der Waals surface area contributed by atoms with Crippen LogP contribution in [0.4, 0.5) is 27.3 Å². The minimum Gasteiger partial charge on any atom is -0.368 e. The molecular formula is C28H29FN6O5. The van der Waals surface area contributed by atoms with Crippen LogP contribution in [0.3, 0.4) is 0 Å². The van der Waals surface area contributed by atoms with Gasteiger partial charge in [-0.2, -0.15) is 0 Å². The molecule has 1 heterocycles. The van der Waals surface area contributed by atoms with E-state index in [1.54, 1.807) is 13.0 Å². The molecule has 1 aliphatic rings. The number of halogens is 1. The Morgan fingerprint density at radius 1 is 1.10 bits per heavy atom. The van der Waals surface area contributed by atoms with Crippen molar-refractivity contribution in [1.82, 2.24) is 15.2 Å². The molecule has 40 heavy (non-hydrogen) atoms. The molecule has 208 valence electrons. The highest BCUT2D eigenvalue weighted by Gasteiger charge is 2.50. The molecule has 0 spiro atoms. The number of rotatable bonds is 9. The molecule has 5 N–H and O–H groups in total. The van der Waals surface area contributed by atoms with Gasteiger partial charge in [-0.25, -0.2) is 4.39 Å². The third kappa shape index (κ3) is 5.03. The smallest absolute Gasteiger partial charge is 0.256 e. The second kappa shape index (κ2) is 10.6. The van der Waals surface area contributed by atoms with Crippen molar-refractivity contribution in [3.8, 4) is 0 Å². The maximum absolute atomic E-state index is 14.8. The van der Waals surface area contributed by atoms with E-state index in [1.165, 1.54) is 57.4 Å². The summed E-state index contributed by atoms with van der Waals surface area (Å²) in [6, 6.07) is 10.3. The predicted molar refractivity (Wildman–Crippen MR) is 148 cm³/mol. The van der Waals surface area contributed by atoms with E-state index in [0.29, 0.717) is 24.8 Å². The van der Waals surface area contributed by atoms with Crippen LogP contribution in [0.5, 0.6) is 0 Å². The zero-order valence-corrected chi connectivity index (χ0v) is 22.4. The molecule has 0 unspecified atom stereocenters. The average molecular weight is 549 g/mol. The molecule has 0 radical (unpaired) electrons. The number of amides is 4. The highest BCUT2D eigenvalue weighted by atomic mass is 19.1. The first kappa shape index (κ1) is 28.0. The summed E-state index contributed by atoms with van der Waals surface area (Å²) < 4.78 is 15.9. The van der Waals surface area contributed by atoms with Gasteiger partial charge in [0, 0.05) is 30.9 Å². The standard InChI is InChI=1S/C28H29FN6O5/c1-15-8-9-20(19(29)12-15)32-23-21(25(38)31-3)22(16(2)26(39)34(23)4)35(14-36)18-7-5-6-17(13-18)24(37)33-28(10-11-28)27(30)40/h5-9,12-14,32H,10-11H2,1-4H3,(H2,30,40)(H,31,38)(H,33,37). The van der Waals surface area contributed by atoms with Crippen LogP contribution < -0.4 is 32.1 Å². The van der Waals surface area contributed by atoms with E-state index < -0.39 is 34.6 Å². The van der Waals surface area contributed by atoms with Crippen molar-refractivity contribution in [3.63, 3.8) is 0 Å². The molecule has 0 saturated heterocycles. The molecule has 4 rings (SSSR count). The number of pyridine rings is 1. The molecule has 1 fully saturated rings. The first-order valence-electron chi connectivity index (χ1n) is 12.4. The van der Waals surface area contributed by atoms with Gasteiger partial charge in [0.05, 0.1) is 11.4 Å². The zero-order chi connectivity index (χ0) is 29.4. The Labute approximate surface area is 229 Å². The molecule has 12 heteroatoms. The molecule has 1 aliphatic carbocycles. The van der Waals surface area contributed by atoms with Crippen molar-refractivity contribution >= 4 is 47.0 Å². The fourth-order valence-electron chi connectivity index (χ4n) is 4.45. The summed E-state index contributed by atoms with van der Waals surface area (Å²) in [4.78, 5) is 64.8. The number of anilines is 4. The first-order valence-corrected chi connectivity index (χ1v) is 12.4. The highest BCUT2D eigenvalue weighted by molar-refractivity contribution is 6.09. The van der Waals surface area contributed by atoms with Crippen LogP contribution in [0.1, 0.15) is 44.7 Å². The molecule has 2 aromatic carbocycles. The number of hydrogen-bond acceptors (Lipinski definition) is 6. The zero-order valence-electron chi connectivity index (χ0n) is 22.4. The second-order valence-electron chi connectivity index (χ2n) is 9.68. The summed E-state index contributed by atoms with van der Waals surface area (Å²) in [5.74, 6) is -2.52. The number of hydrogen-bond donors (Lipinski definition) is 4. The second-order valence-corrected chi connectivity index (χ2v) is 9.68. The van der Waals surface area contributed by atoms with Gasteiger partial charge in [-0.3, -0.25) is 33.4 Å². The monoisotopic (exact) mass is 548 g/mol. The van der Waals surface area contributed by atoms with Gasteiger partial charge in [-0.15, -0.1) is 0 Å². The van der Waals surface area contributed by atoms with Crippen molar-refractivity contribution in [1.29, 1.82) is 0 Å². The van der Waals surface area contributed by atoms with Crippen molar-refractivity contribution in [2.24, 2.45) is 12.8 Å². The Hall–Kier alpha value is -5.00. The van der Waals surface area contributed by atoms with Crippen LogP contribution >= 0.6 is 0 Å². The van der Waals surface area contributed by atoms with Crippen LogP contribution in [0.2, 0.25) is 0 Å². The van der Waals surface area contributed by atoms with Crippen molar-refractivity contribution in [3.05, 3.63) is 80.9 Å². The average Bonchev–Trinajstić information content (AvgIpc) is 3.72. The Morgan fingerprint density at radius 2 is 1.80 bits per heavy atom. The fraction of sp³-hybridized carbons (Fsp3) is 0.250. The van der Waals surface area contributed by atoms with E-state index >= 15 is 0 Å². The van der Waals surface area contributed by atoms with Crippen LogP contribution in [0.25, 0.3) is 0 Å². The van der Waals surface area contributed by atoms with E-state index in [4.69, 9.17) is 5.73 Å². The van der Waals surface area contributed by atoms with Crippen LogP contribution in [0.15, 0.2) is 47.3 Å². The Morgan fingerprint density at radius 3 is 2.38 bits per heavy atom. The minimum atomic E-state index is -1.10. The molecule has 4 amide bonds. The van der Waals surface area contributed by atoms with E-state index in [1.807, 2.05) is 0 Å². The van der Waals surface area contributed by atoms with Gasteiger partial charge in [0.2, 0.25) is 12.3 Å². The van der Waals surface area contributed by atoms with Crippen LogP contribution in [0, 0.1) is 19.7 Å². The Balaban J connectivity index is 1.86. The molecule has 0 aliphatic heterocycles. The number of carbonyl (C=O) groups is 4. The lowest BCUT2D eigenvalue weighted by Gasteiger charge is -2.26. The molecule has 3 aromatic rings. The third-order valence-corrected chi connectivity index (χ3v) is 6.93. The maximum Gasteiger partial charge on any atom is 0.256 e. The van der Waals surface area contributed by atoms with Gasteiger partial charge < -0.3 is 21.7 Å². The number of primary amides is 1. The topological polar surface area (TPSA) is 156 Å². The van der Waals surface area contributed by atoms with Gasteiger partial charge in [0.1, 0.15) is 22.7 Å². The molecule has 0 atom stereocenters. The predicted octanol–water partition coefficient (Wildman–Crippen LogP) is 2.29. The normalized spacial score (nSPS) is 13.2. The van der Waals surface area contributed by atoms with Crippen molar-refractivity contribution in [2.75, 3.05) is 17.3 Å². The first-order chi connectivity index (χ1) is 18.9. The number of nitrogens with two attached hydrogens (primary N) is 1. The van der Waals surface area contributed by atoms with Gasteiger partial charge >= 0.3 is 0 Å². The molecule has 1 saturated carbocycles. The molecule has 1 aromatic heterocycles. The number of carbonyl (C=O) groups excluding carboxylic acids is 4. The van der Waals surface area contributed by atoms with Crippen LogP contribution in [-0.4, -0.2) is 41.3 Å². The summed E-state index contributed by atoms with van der Waals surface area (Å²) in [5.41, 5.74) is 4.65. The summed E-state index contributed by atoms with van der Waals surface area (Å²) in [7, 11) is 2.80. The minimum absolute atomic E-state index is 0.0142. The summed E-state index contributed by atoms with van der Waals surface area (Å²) >= 11 is 0. The molecule has 0 bridgehead atoms. The summed E-state index contributed by atoms with van der Waals surface area (Å²) in [6.45, 7) is 3.17. The quantitative estimate of drug-likeness (QED) is 0.301. The lowest BCUT2D eigenvalue weighted by molar-refractivity contribution is -0.120. The lowest BCUT2D eigenvalue weighted by atomic mass is 10.1. The lowest BCUT2D eigenvalue weighted by Crippen LogP contribution is -2.46. The number of benzene rings is 2. The molecular weight excluding hydrogens is 519 g/mol. The summed E-state index contributed by atoms with van der Waals surface area (Å²) in [6.07, 6.45) is 1.26. The van der Waals surface area contributed by atoms with Gasteiger partial charge in [0.15, 0.2) is 0 Å². The van der Waals surface area contributed by atoms with E-state index in [2.05, 4.69) is 16.0 Å². The maximum atomic E-state index is 14.8. The van der Waals surface area contributed by atoms with Crippen LogP contribution in [-0.2, 0) is 16.6 Å². The van der Waals surface area contributed by atoms with Crippen molar-refractivity contribution in [2.45, 2.75) is 32.2 Å². The van der Waals surface area contributed by atoms with Gasteiger partial charge in [-0.05, 0) is 62.6 Å². The third-order valence-electron chi connectivity index (χ3n) is 6.93. The van der Waals surface area contributed by atoms with E-state index in [0.717, 1.165) is 9.47 Å². The van der Waals surface area contributed by atoms with Gasteiger partial charge in [0.25, 0.3) is 17.4 Å². The summed E-state index contributed by atoms with van der Waals surface area (Å²) in [5, 5.41) is 7.99. The SMILES string of the molecule is CNC(=O)c1c(N(C=O)c2cccc(C(=O)NC3(C(N)=O)CC3)c2)c(C)c(=O)n(C)c1Nc1ccc(C)cc1F. The number of aromatic nitrogens is 1. The fourth-order valence-corrected chi connectivity index (χ4v) is 4.45. The molecule has 11 nitrogen and oxygen atoms in total. The Kier molecular flexibility index (Phi) is 7.45. The number of aryl methyl sites for hydroxylation is 1. The number of nitrogens with zero attached hydrogens (tertiary/aromatic N) is 2. The number of nitrogens with one attached hydrogen (secondary N) is 3. The Bertz CT molecular complexity index is 1610. The van der Waals surface area contributed by atoms with E-state index in [9.17, 15) is 28.4 Å². The van der Waals surface area contributed by atoms with E-state index in [-0.39, 0.29) is 39.6 Å². The largest absolute Gasteiger partial charge is 0.368 e.